The van der Waals surface area contributed by atoms with Gasteiger partial charge in [0.15, 0.2) is 0 Å². The van der Waals surface area contributed by atoms with E-state index in [2.05, 4.69) is 18.4 Å². The number of nitrogens with zero attached hydrogens (tertiary/aromatic N) is 1. The Kier molecular flexibility index (Phi) is 3.15. The normalized spacial score (nSPS) is 26.9. The van der Waals surface area contributed by atoms with E-state index in [9.17, 15) is 0 Å². The van der Waals surface area contributed by atoms with Gasteiger partial charge in [-0.3, -0.25) is 0 Å². The zero-order valence-corrected chi connectivity index (χ0v) is 8.21. The highest BCUT2D eigenvalue weighted by molar-refractivity contribution is 5.02. The topological polar surface area (TPSA) is 29.3 Å². The van der Waals surface area contributed by atoms with Crippen molar-refractivity contribution in [1.29, 1.82) is 0 Å². The van der Waals surface area contributed by atoms with Crippen molar-refractivity contribution in [2.45, 2.75) is 32.7 Å². The van der Waals surface area contributed by atoms with Gasteiger partial charge in [-0.1, -0.05) is 13.5 Å². The fraction of sp³-hybridized carbons (Fsp3) is 0.800. The van der Waals surface area contributed by atoms with Crippen LogP contribution >= 0.6 is 0 Å². The zero-order valence-electron chi connectivity index (χ0n) is 8.21. The molecule has 0 spiro atoms. The molecule has 2 nitrogen and oxygen atoms in total. The summed E-state index contributed by atoms with van der Waals surface area (Å²) in [7, 11) is 0. The Bertz CT molecular complexity index is 163. The number of hydrogen-bond donors (Lipinski definition) is 1. The Balaban J connectivity index is 2.46. The van der Waals surface area contributed by atoms with Crippen LogP contribution in [-0.4, -0.2) is 24.0 Å². The van der Waals surface area contributed by atoms with Gasteiger partial charge in [0.05, 0.1) is 0 Å². The highest BCUT2D eigenvalue weighted by Gasteiger charge is 2.18. The second-order valence-electron chi connectivity index (χ2n) is 3.97. The predicted octanol–water partition coefficient (Wildman–Crippen LogP) is 1.58. The van der Waals surface area contributed by atoms with Crippen LogP contribution in [-0.2, 0) is 0 Å². The SMILES string of the molecule is C=C(C(C)N)N1CCCC(C)C1. The Labute approximate surface area is 75.4 Å². The zero-order chi connectivity index (χ0) is 9.14. The number of hydrogen-bond acceptors (Lipinski definition) is 2. The predicted molar refractivity (Wildman–Crippen MR) is 52.8 cm³/mol. The van der Waals surface area contributed by atoms with Crippen LogP contribution in [0.1, 0.15) is 26.7 Å². The summed E-state index contributed by atoms with van der Waals surface area (Å²) in [5.41, 5.74) is 6.87. The molecule has 2 atom stereocenters. The summed E-state index contributed by atoms with van der Waals surface area (Å²) >= 11 is 0. The maximum Gasteiger partial charge on any atom is 0.0411 e. The van der Waals surface area contributed by atoms with Crippen molar-refractivity contribution in [2.75, 3.05) is 13.1 Å². The number of likely N-dealkylation sites (tertiary alicyclic amines) is 1. The van der Waals surface area contributed by atoms with Gasteiger partial charge in [-0.2, -0.15) is 0 Å². The molecule has 0 bridgehead atoms. The van der Waals surface area contributed by atoms with Crippen LogP contribution in [0.3, 0.4) is 0 Å². The van der Waals surface area contributed by atoms with Crippen molar-refractivity contribution in [2.24, 2.45) is 11.7 Å². The van der Waals surface area contributed by atoms with Crippen molar-refractivity contribution in [3.63, 3.8) is 0 Å². The maximum absolute atomic E-state index is 5.77. The molecule has 0 saturated carbocycles. The Morgan fingerprint density at radius 3 is 2.83 bits per heavy atom. The molecule has 1 aliphatic heterocycles. The first-order valence-corrected chi connectivity index (χ1v) is 4.80. The molecule has 70 valence electrons. The van der Waals surface area contributed by atoms with Crippen LogP contribution in [0.15, 0.2) is 12.3 Å². The lowest BCUT2D eigenvalue weighted by Gasteiger charge is -2.35. The molecule has 1 rings (SSSR count). The molecule has 0 aliphatic carbocycles. The summed E-state index contributed by atoms with van der Waals surface area (Å²) in [5.74, 6) is 0.800. The maximum atomic E-state index is 5.77. The summed E-state index contributed by atoms with van der Waals surface area (Å²) in [5, 5.41) is 0. The second kappa shape index (κ2) is 3.94. The molecule has 2 N–H and O–H groups in total. The second-order valence-corrected chi connectivity index (χ2v) is 3.97. The van der Waals surface area contributed by atoms with Crippen LogP contribution in [0.2, 0.25) is 0 Å². The summed E-state index contributed by atoms with van der Waals surface area (Å²) in [4.78, 5) is 2.33. The molecule has 12 heavy (non-hydrogen) atoms. The van der Waals surface area contributed by atoms with Crippen LogP contribution < -0.4 is 5.73 Å². The Morgan fingerprint density at radius 2 is 2.33 bits per heavy atom. The van der Waals surface area contributed by atoms with E-state index >= 15 is 0 Å². The standard InChI is InChI=1S/C10H20N2/c1-8-5-4-6-12(7-8)10(3)9(2)11/h8-9H,3-7,11H2,1-2H3. The van der Waals surface area contributed by atoms with E-state index in [4.69, 9.17) is 5.73 Å². The van der Waals surface area contributed by atoms with Gasteiger partial charge in [0.25, 0.3) is 0 Å². The lowest BCUT2D eigenvalue weighted by atomic mass is 9.99. The quantitative estimate of drug-likeness (QED) is 0.678. The molecule has 1 heterocycles. The van der Waals surface area contributed by atoms with E-state index in [1.807, 2.05) is 6.92 Å². The van der Waals surface area contributed by atoms with Crippen molar-refractivity contribution in [1.82, 2.24) is 4.90 Å². The summed E-state index contributed by atoms with van der Waals surface area (Å²) in [6.45, 7) is 10.6. The van der Waals surface area contributed by atoms with Gasteiger partial charge < -0.3 is 10.6 Å². The third-order valence-corrected chi connectivity index (χ3v) is 2.59. The van der Waals surface area contributed by atoms with E-state index in [0.717, 1.165) is 24.7 Å². The molecule has 0 aromatic carbocycles. The minimum atomic E-state index is 0.107. The molecule has 2 unspecified atom stereocenters. The van der Waals surface area contributed by atoms with Crippen LogP contribution in [0.4, 0.5) is 0 Å². The molecule has 0 amide bonds. The highest BCUT2D eigenvalue weighted by atomic mass is 15.2. The lowest BCUT2D eigenvalue weighted by Crippen LogP contribution is -2.38. The lowest BCUT2D eigenvalue weighted by molar-refractivity contribution is 0.220. The molecular formula is C10H20N2. The van der Waals surface area contributed by atoms with E-state index in [1.54, 1.807) is 0 Å². The molecule has 2 heteroatoms. The van der Waals surface area contributed by atoms with E-state index in [-0.39, 0.29) is 6.04 Å². The van der Waals surface area contributed by atoms with Gasteiger partial charge in [-0.25, -0.2) is 0 Å². The van der Waals surface area contributed by atoms with E-state index in [1.165, 1.54) is 12.8 Å². The van der Waals surface area contributed by atoms with Crippen LogP contribution in [0, 0.1) is 5.92 Å². The Morgan fingerprint density at radius 1 is 1.67 bits per heavy atom. The molecular weight excluding hydrogens is 148 g/mol. The van der Waals surface area contributed by atoms with Gasteiger partial charge in [0.2, 0.25) is 0 Å². The minimum absolute atomic E-state index is 0.107. The first-order valence-electron chi connectivity index (χ1n) is 4.80. The molecule has 0 aromatic heterocycles. The van der Waals surface area contributed by atoms with Crippen molar-refractivity contribution < 1.29 is 0 Å². The third-order valence-electron chi connectivity index (χ3n) is 2.59. The van der Waals surface area contributed by atoms with Gasteiger partial charge in [0, 0.05) is 24.8 Å². The van der Waals surface area contributed by atoms with Gasteiger partial charge >= 0.3 is 0 Å². The molecule has 1 saturated heterocycles. The minimum Gasteiger partial charge on any atom is -0.374 e. The van der Waals surface area contributed by atoms with Crippen LogP contribution in [0.5, 0.6) is 0 Å². The number of nitrogens with two attached hydrogens (primary N) is 1. The van der Waals surface area contributed by atoms with Crippen molar-refractivity contribution >= 4 is 0 Å². The Hall–Kier alpha value is -0.500. The van der Waals surface area contributed by atoms with Crippen molar-refractivity contribution in [3.8, 4) is 0 Å². The third kappa shape index (κ3) is 2.24. The average Bonchev–Trinajstić information content (AvgIpc) is 2.03. The summed E-state index contributed by atoms with van der Waals surface area (Å²) in [6, 6.07) is 0.107. The summed E-state index contributed by atoms with van der Waals surface area (Å²) < 4.78 is 0. The number of rotatable bonds is 2. The van der Waals surface area contributed by atoms with E-state index in [0.29, 0.717) is 0 Å². The first kappa shape index (κ1) is 9.59. The monoisotopic (exact) mass is 168 g/mol. The van der Waals surface area contributed by atoms with Gasteiger partial charge in [-0.05, 0) is 25.7 Å². The molecule has 1 fully saturated rings. The summed E-state index contributed by atoms with van der Waals surface area (Å²) in [6.07, 6.45) is 2.63. The average molecular weight is 168 g/mol. The van der Waals surface area contributed by atoms with Gasteiger partial charge in [-0.15, -0.1) is 0 Å². The largest absolute Gasteiger partial charge is 0.374 e. The van der Waals surface area contributed by atoms with Gasteiger partial charge in [0.1, 0.15) is 0 Å². The smallest absolute Gasteiger partial charge is 0.0411 e. The molecule has 1 aliphatic rings. The van der Waals surface area contributed by atoms with Crippen molar-refractivity contribution in [3.05, 3.63) is 12.3 Å². The molecule has 0 radical (unpaired) electrons. The van der Waals surface area contributed by atoms with E-state index < -0.39 is 0 Å². The number of piperidine rings is 1. The molecule has 0 aromatic rings. The first-order chi connectivity index (χ1) is 5.61. The fourth-order valence-corrected chi connectivity index (χ4v) is 1.74. The van der Waals surface area contributed by atoms with Crippen LogP contribution in [0.25, 0.3) is 0 Å². The highest BCUT2D eigenvalue weighted by Crippen LogP contribution is 2.19. The fourth-order valence-electron chi connectivity index (χ4n) is 1.74.